The monoisotopic (exact) mass is 394 g/mol. The molecule has 6 nitrogen and oxygen atoms in total. The normalized spacial score (nSPS) is 42.3. The van der Waals surface area contributed by atoms with Gasteiger partial charge in [-0.3, -0.25) is 14.5 Å². The SMILES string of the molecule is CC1CCC(F)C2CC(C(=O)N[C@@H]3CCC[C@H](N4CCN(C)CC4=O)C3)NC12. The summed E-state index contributed by atoms with van der Waals surface area (Å²) in [7, 11) is 1.98. The molecule has 4 fully saturated rings. The average molecular weight is 395 g/mol. The number of likely N-dealkylation sites (N-methyl/N-ethyl adjacent to an activating group) is 1. The fourth-order valence-electron chi connectivity index (χ4n) is 5.87. The fraction of sp³-hybridized carbons (Fsp3) is 0.905. The number of piperazine rings is 1. The lowest BCUT2D eigenvalue weighted by Crippen LogP contribution is -2.56. The molecular formula is C21H35FN4O2. The minimum atomic E-state index is -0.784. The Labute approximate surface area is 167 Å². The van der Waals surface area contributed by atoms with E-state index in [2.05, 4.69) is 22.5 Å². The third-order valence-electron chi connectivity index (χ3n) is 7.54. The van der Waals surface area contributed by atoms with Crippen LogP contribution in [-0.2, 0) is 9.59 Å². The van der Waals surface area contributed by atoms with Gasteiger partial charge in [-0.05, 0) is 57.9 Å². The number of nitrogens with zero attached hydrogens (tertiary/aromatic N) is 2. The van der Waals surface area contributed by atoms with Crippen molar-refractivity contribution in [2.75, 3.05) is 26.7 Å². The molecule has 7 atom stereocenters. The van der Waals surface area contributed by atoms with Crippen LogP contribution in [0.4, 0.5) is 4.39 Å². The summed E-state index contributed by atoms with van der Waals surface area (Å²) >= 11 is 0. The summed E-state index contributed by atoms with van der Waals surface area (Å²) in [6.07, 6.45) is 5.20. The predicted octanol–water partition coefficient (Wildman–Crippen LogP) is 1.30. The van der Waals surface area contributed by atoms with Crippen molar-refractivity contribution in [2.45, 2.75) is 82.2 Å². The molecule has 5 unspecified atom stereocenters. The number of amides is 2. The molecule has 28 heavy (non-hydrogen) atoms. The maximum atomic E-state index is 14.3. The smallest absolute Gasteiger partial charge is 0.237 e. The minimum Gasteiger partial charge on any atom is -0.352 e. The second-order valence-corrected chi connectivity index (χ2v) is 9.57. The van der Waals surface area contributed by atoms with Gasteiger partial charge in [-0.2, -0.15) is 0 Å². The van der Waals surface area contributed by atoms with Crippen molar-refractivity contribution in [3.05, 3.63) is 0 Å². The highest BCUT2D eigenvalue weighted by molar-refractivity contribution is 5.82. The topological polar surface area (TPSA) is 64.7 Å². The summed E-state index contributed by atoms with van der Waals surface area (Å²) in [5.74, 6) is 0.623. The van der Waals surface area contributed by atoms with Crippen molar-refractivity contribution >= 4 is 11.8 Å². The highest BCUT2D eigenvalue weighted by atomic mass is 19.1. The number of carbonyl (C=O) groups is 2. The highest BCUT2D eigenvalue weighted by Gasteiger charge is 2.46. The van der Waals surface area contributed by atoms with Gasteiger partial charge in [0.15, 0.2) is 0 Å². The Morgan fingerprint density at radius 2 is 2.00 bits per heavy atom. The molecule has 2 amide bonds. The number of hydrogen-bond acceptors (Lipinski definition) is 4. The Morgan fingerprint density at radius 1 is 1.18 bits per heavy atom. The van der Waals surface area contributed by atoms with Gasteiger partial charge in [-0.15, -0.1) is 0 Å². The van der Waals surface area contributed by atoms with Crippen LogP contribution in [0.3, 0.4) is 0 Å². The zero-order valence-electron chi connectivity index (χ0n) is 17.2. The van der Waals surface area contributed by atoms with Crippen LogP contribution in [0.15, 0.2) is 0 Å². The number of carbonyl (C=O) groups excluding carboxylic acids is 2. The van der Waals surface area contributed by atoms with Crippen molar-refractivity contribution in [2.24, 2.45) is 11.8 Å². The molecule has 2 heterocycles. The van der Waals surface area contributed by atoms with Crippen molar-refractivity contribution in [1.29, 1.82) is 0 Å². The Morgan fingerprint density at radius 3 is 2.75 bits per heavy atom. The molecule has 0 aromatic carbocycles. The van der Waals surface area contributed by atoms with Gasteiger partial charge in [-0.25, -0.2) is 4.39 Å². The van der Waals surface area contributed by atoms with E-state index in [1.807, 2.05) is 11.9 Å². The van der Waals surface area contributed by atoms with Gasteiger partial charge in [-0.1, -0.05) is 6.92 Å². The van der Waals surface area contributed by atoms with Crippen molar-refractivity contribution in [3.8, 4) is 0 Å². The Hall–Kier alpha value is -1.21. The largest absolute Gasteiger partial charge is 0.352 e. The third-order valence-corrected chi connectivity index (χ3v) is 7.54. The number of nitrogens with one attached hydrogen (secondary N) is 2. The molecule has 158 valence electrons. The molecular weight excluding hydrogens is 359 g/mol. The number of rotatable bonds is 3. The molecule has 7 heteroatoms. The first kappa shape index (κ1) is 20.1. The number of halogens is 1. The zero-order valence-corrected chi connectivity index (χ0v) is 17.2. The first-order valence-corrected chi connectivity index (χ1v) is 11.1. The molecule has 2 saturated carbocycles. The quantitative estimate of drug-likeness (QED) is 0.758. The van der Waals surface area contributed by atoms with Gasteiger partial charge >= 0.3 is 0 Å². The first-order chi connectivity index (χ1) is 13.4. The lowest BCUT2D eigenvalue weighted by molar-refractivity contribution is -0.139. The Bertz CT molecular complexity index is 585. The van der Waals surface area contributed by atoms with Crippen molar-refractivity contribution in [3.63, 3.8) is 0 Å². The van der Waals surface area contributed by atoms with Crippen LogP contribution in [-0.4, -0.2) is 78.6 Å². The molecule has 0 aromatic heterocycles. The lowest BCUT2D eigenvalue weighted by atomic mass is 9.77. The van der Waals surface area contributed by atoms with E-state index in [-0.39, 0.29) is 41.9 Å². The van der Waals surface area contributed by atoms with Gasteiger partial charge in [0, 0.05) is 37.1 Å². The molecule has 0 radical (unpaired) electrons. The molecule has 2 aliphatic carbocycles. The van der Waals surface area contributed by atoms with Crippen LogP contribution in [0, 0.1) is 11.8 Å². The van der Waals surface area contributed by atoms with Crippen molar-refractivity contribution in [1.82, 2.24) is 20.4 Å². The molecule has 0 spiro atoms. The van der Waals surface area contributed by atoms with E-state index in [4.69, 9.17) is 0 Å². The van der Waals surface area contributed by atoms with E-state index in [9.17, 15) is 14.0 Å². The lowest BCUT2D eigenvalue weighted by Gasteiger charge is -2.41. The summed E-state index contributed by atoms with van der Waals surface area (Å²) < 4.78 is 14.3. The molecule has 2 saturated heterocycles. The summed E-state index contributed by atoms with van der Waals surface area (Å²) in [4.78, 5) is 29.4. The number of fused-ring (bicyclic) bond motifs is 1. The second kappa shape index (κ2) is 8.27. The predicted molar refractivity (Wildman–Crippen MR) is 106 cm³/mol. The third kappa shape index (κ3) is 4.06. The van der Waals surface area contributed by atoms with E-state index in [0.717, 1.165) is 45.2 Å². The van der Waals surface area contributed by atoms with Crippen LogP contribution in [0.5, 0.6) is 0 Å². The van der Waals surface area contributed by atoms with Gasteiger partial charge in [0.1, 0.15) is 6.17 Å². The van der Waals surface area contributed by atoms with Gasteiger partial charge < -0.3 is 15.5 Å². The van der Waals surface area contributed by atoms with Crippen LogP contribution in [0.2, 0.25) is 0 Å². The van der Waals surface area contributed by atoms with Crippen molar-refractivity contribution < 1.29 is 14.0 Å². The molecule has 4 aliphatic rings. The fourth-order valence-corrected chi connectivity index (χ4v) is 5.87. The molecule has 2 aliphatic heterocycles. The Balaban J connectivity index is 1.31. The maximum absolute atomic E-state index is 14.3. The summed E-state index contributed by atoms with van der Waals surface area (Å²) in [5, 5.41) is 6.65. The standard InChI is InChI=1S/C21H35FN4O2/c1-13-6-7-17(22)16-11-18(24-20(13)16)21(28)23-14-4-3-5-15(10-14)26-9-8-25(2)12-19(26)27/h13-18,20,24H,3-12H2,1-2H3,(H,23,28)/t13?,14-,15+,16?,17?,18?,20?/m1/s1. The zero-order chi connectivity index (χ0) is 19.8. The first-order valence-electron chi connectivity index (χ1n) is 11.1. The van der Waals surface area contributed by atoms with Gasteiger partial charge in [0.05, 0.1) is 12.6 Å². The van der Waals surface area contributed by atoms with Gasteiger partial charge in [0.25, 0.3) is 0 Å². The molecule has 0 bridgehead atoms. The summed E-state index contributed by atoms with van der Waals surface area (Å²) in [5.41, 5.74) is 0. The maximum Gasteiger partial charge on any atom is 0.237 e. The number of alkyl halides is 1. The molecule has 4 rings (SSSR count). The Kier molecular flexibility index (Phi) is 5.93. The molecule has 0 aromatic rings. The van der Waals surface area contributed by atoms with E-state index < -0.39 is 6.17 Å². The highest BCUT2D eigenvalue weighted by Crippen LogP contribution is 2.38. The van der Waals surface area contributed by atoms with E-state index in [1.165, 1.54) is 0 Å². The van der Waals surface area contributed by atoms with Crippen LogP contribution >= 0.6 is 0 Å². The average Bonchev–Trinajstić information content (AvgIpc) is 3.12. The number of hydrogen-bond donors (Lipinski definition) is 2. The van der Waals surface area contributed by atoms with Crippen LogP contribution < -0.4 is 10.6 Å². The minimum absolute atomic E-state index is 0.0177. The van der Waals surface area contributed by atoms with E-state index in [0.29, 0.717) is 25.3 Å². The summed E-state index contributed by atoms with van der Waals surface area (Å²) in [6, 6.07) is 0.192. The van der Waals surface area contributed by atoms with E-state index in [1.54, 1.807) is 0 Å². The summed E-state index contributed by atoms with van der Waals surface area (Å²) in [6.45, 7) is 4.35. The molecule has 2 N–H and O–H groups in total. The van der Waals surface area contributed by atoms with Gasteiger partial charge in [0.2, 0.25) is 11.8 Å². The second-order valence-electron chi connectivity index (χ2n) is 9.57. The van der Waals surface area contributed by atoms with Crippen LogP contribution in [0.1, 0.15) is 51.9 Å². The van der Waals surface area contributed by atoms with Crippen LogP contribution in [0.25, 0.3) is 0 Å². The van der Waals surface area contributed by atoms with E-state index >= 15 is 0 Å².